The summed E-state index contributed by atoms with van der Waals surface area (Å²) in [5, 5.41) is 8.58. The van der Waals surface area contributed by atoms with Crippen LogP contribution in [0.1, 0.15) is 14.5 Å². The molecule has 0 aliphatic rings. The first-order valence-corrected chi connectivity index (χ1v) is 8.30. The molecule has 0 spiro atoms. The second-order valence-electron chi connectivity index (χ2n) is 3.77. The number of rotatable bonds is 4. The third-order valence-electron chi connectivity index (χ3n) is 2.36. The van der Waals surface area contributed by atoms with Gasteiger partial charge in [0.2, 0.25) is 0 Å². The van der Waals surface area contributed by atoms with E-state index in [2.05, 4.69) is 14.7 Å². The van der Waals surface area contributed by atoms with E-state index in [0.717, 1.165) is 23.7 Å². The van der Waals surface area contributed by atoms with Crippen LogP contribution in [-0.4, -0.2) is 29.5 Å². The Labute approximate surface area is 133 Å². The maximum Gasteiger partial charge on any atom is 0.345 e. The first kappa shape index (κ1) is 16.0. The molecule has 0 atom stereocenters. The molecule has 21 heavy (non-hydrogen) atoms. The largest absolute Gasteiger partial charge is 0.477 e. The zero-order valence-electron chi connectivity index (χ0n) is 10.3. The molecular weight excluding hydrogens is 361 g/mol. The summed E-state index contributed by atoms with van der Waals surface area (Å²) in [7, 11) is -4.05. The number of thiophene rings is 1. The molecule has 0 unspecified atom stereocenters. The Morgan fingerprint density at radius 2 is 1.90 bits per heavy atom. The van der Waals surface area contributed by atoms with Gasteiger partial charge in [-0.3, -0.25) is 4.72 Å². The van der Waals surface area contributed by atoms with Crippen LogP contribution in [0.25, 0.3) is 0 Å². The normalized spacial score (nSPS) is 11.4. The number of halogens is 2. The Bertz CT molecular complexity index is 799. The van der Waals surface area contributed by atoms with Crippen LogP contribution >= 0.6 is 34.5 Å². The van der Waals surface area contributed by atoms with Crippen molar-refractivity contribution in [1.82, 2.24) is 9.97 Å². The number of carbonyl (C=O) groups is 1. The zero-order valence-corrected chi connectivity index (χ0v) is 13.4. The monoisotopic (exact) mass is 367 g/mol. The predicted molar refractivity (Wildman–Crippen MR) is 78.9 cm³/mol. The molecule has 2 aromatic rings. The number of carboxylic acids is 1. The number of hydrogen-bond acceptors (Lipinski definition) is 6. The Morgan fingerprint density at radius 3 is 2.38 bits per heavy atom. The third kappa shape index (κ3) is 3.26. The number of nitrogens with zero attached hydrogens (tertiary/aromatic N) is 2. The fourth-order valence-electron chi connectivity index (χ4n) is 1.46. The van der Waals surface area contributed by atoms with E-state index in [-0.39, 0.29) is 25.8 Å². The Balaban J connectivity index is 2.46. The molecule has 0 amide bonds. The molecule has 0 aliphatic heterocycles. The van der Waals surface area contributed by atoms with Crippen molar-refractivity contribution in [2.24, 2.45) is 0 Å². The Morgan fingerprint density at radius 1 is 1.33 bits per heavy atom. The van der Waals surface area contributed by atoms with Gasteiger partial charge in [0.1, 0.15) is 21.8 Å². The van der Waals surface area contributed by atoms with Crippen LogP contribution in [-0.2, 0) is 10.0 Å². The molecule has 0 bridgehead atoms. The van der Waals surface area contributed by atoms with Gasteiger partial charge in [0, 0.05) is 4.88 Å². The van der Waals surface area contributed by atoms with Crippen molar-refractivity contribution in [2.75, 3.05) is 4.72 Å². The van der Waals surface area contributed by atoms with Gasteiger partial charge in [0.05, 0.1) is 0 Å². The van der Waals surface area contributed by atoms with Crippen molar-refractivity contribution >= 4 is 56.2 Å². The van der Waals surface area contributed by atoms with Crippen molar-refractivity contribution in [3.63, 3.8) is 0 Å². The second kappa shape index (κ2) is 5.76. The van der Waals surface area contributed by atoms with Crippen LogP contribution in [0.3, 0.4) is 0 Å². The molecule has 0 aliphatic carbocycles. The van der Waals surface area contributed by atoms with E-state index in [1.54, 1.807) is 0 Å². The molecule has 2 aromatic heterocycles. The summed E-state index contributed by atoms with van der Waals surface area (Å²) in [5.41, 5.74) is -0.164. The van der Waals surface area contributed by atoms with Gasteiger partial charge >= 0.3 is 5.97 Å². The molecule has 112 valence electrons. The molecule has 0 fully saturated rings. The molecular formula is C10H7Cl2N3O4S2. The molecule has 0 saturated carbocycles. The smallest absolute Gasteiger partial charge is 0.345 e. The number of hydrogen-bond donors (Lipinski definition) is 2. The van der Waals surface area contributed by atoms with Gasteiger partial charge in [-0.15, -0.1) is 11.3 Å². The van der Waals surface area contributed by atoms with Gasteiger partial charge in [-0.1, -0.05) is 23.2 Å². The zero-order chi connectivity index (χ0) is 15.8. The van der Waals surface area contributed by atoms with Gasteiger partial charge in [0.15, 0.2) is 10.3 Å². The van der Waals surface area contributed by atoms with Crippen molar-refractivity contribution in [2.45, 2.75) is 11.8 Å². The lowest BCUT2D eigenvalue weighted by Gasteiger charge is -2.09. The van der Waals surface area contributed by atoms with Crippen molar-refractivity contribution in [3.8, 4) is 0 Å². The highest BCUT2D eigenvalue weighted by Gasteiger charge is 2.24. The molecule has 7 nitrogen and oxygen atoms in total. The lowest BCUT2D eigenvalue weighted by Crippen LogP contribution is -2.14. The van der Waals surface area contributed by atoms with E-state index in [0.29, 0.717) is 4.88 Å². The molecule has 2 N–H and O–H groups in total. The number of carboxylic acid groups (broad SMARTS) is 1. The van der Waals surface area contributed by atoms with Crippen LogP contribution in [0.15, 0.2) is 17.3 Å². The number of anilines is 1. The molecule has 11 heteroatoms. The maximum atomic E-state index is 12.3. The maximum absolute atomic E-state index is 12.3. The van der Waals surface area contributed by atoms with Crippen LogP contribution in [0.2, 0.25) is 10.3 Å². The van der Waals surface area contributed by atoms with E-state index < -0.39 is 16.0 Å². The molecule has 2 heterocycles. The summed E-state index contributed by atoms with van der Waals surface area (Å²) in [6.45, 7) is 1.50. The molecule has 2 rings (SSSR count). The van der Waals surface area contributed by atoms with E-state index in [4.69, 9.17) is 28.3 Å². The average Bonchev–Trinajstić information content (AvgIpc) is 2.77. The van der Waals surface area contributed by atoms with E-state index in [1.165, 1.54) is 6.92 Å². The summed E-state index contributed by atoms with van der Waals surface area (Å²) >= 11 is 12.4. The van der Waals surface area contributed by atoms with Gasteiger partial charge in [0.25, 0.3) is 10.0 Å². The summed E-state index contributed by atoms with van der Waals surface area (Å²) in [6.07, 6.45) is 1.08. The lowest BCUT2D eigenvalue weighted by molar-refractivity contribution is 0.0702. The Kier molecular flexibility index (Phi) is 4.38. The van der Waals surface area contributed by atoms with Crippen LogP contribution in [0, 0.1) is 6.92 Å². The van der Waals surface area contributed by atoms with Crippen LogP contribution in [0.5, 0.6) is 0 Å². The predicted octanol–water partition coefficient (Wildman–Crippen LogP) is 2.65. The van der Waals surface area contributed by atoms with Crippen molar-refractivity contribution < 1.29 is 18.3 Å². The lowest BCUT2D eigenvalue weighted by atomic mass is 10.4. The van der Waals surface area contributed by atoms with Crippen molar-refractivity contribution in [1.29, 1.82) is 0 Å². The van der Waals surface area contributed by atoms with E-state index >= 15 is 0 Å². The highest BCUT2D eigenvalue weighted by Crippen LogP contribution is 2.31. The van der Waals surface area contributed by atoms with Gasteiger partial charge in [-0.25, -0.2) is 23.2 Å². The van der Waals surface area contributed by atoms with Gasteiger partial charge in [-0.05, 0) is 13.0 Å². The van der Waals surface area contributed by atoms with Crippen molar-refractivity contribution in [3.05, 3.63) is 32.5 Å². The highest BCUT2D eigenvalue weighted by molar-refractivity contribution is 7.93. The summed E-state index contributed by atoms with van der Waals surface area (Å²) < 4.78 is 26.7. The number of sulfonamides is 1. The van der Waals surface area contributed by atoms with E-state index in [1.807, 2.05) is 0 Å². The highest BCUT2D eigenvalue weighted by atomic mass is 35.5. The Hall–Kier alpha value is -1.42. The number of aromatic carboxylic acids is 1. The quantitative estimate of drug-likeness (QED) is 0.803. The minimum absolute atomic E-state index is 0.0885. The minimum Gasteiger partial charge on any atom is -0.477 e. The number of aryl methyl sites for hydroxylation is 1. The molecule has 0 radical (unpaired) electrons. The standard InChI is InChI=1S/C10H7Cl2N3O4S2/c1-4-6(2-5(20-4)10(16)17)21(18,19)15-7-8(11)13-3-14-9(7)12/h2-3,15H,1H3,(H,16,17). The topological polar surface area (TPSA) is 109 Å². The fraction of sp³-hybridized carbons (Fsp3) is 0.100. The van der Waals surface area contributed by atoms with Gasteiger partial charge < -0.3 is 5.11 Å². The average molecular weight is 368 g/mol. The summed E-state index contributed by atoms with van der Waals surface area (Å²) in [6, 6.07) is 1.07. The number of nitrogens with one attached hydrogen (secondary N) is 1. The first-order valence-electron chi connectivity index (χ1n) is 5.25. The summed E-state index contributed by atoms with van der Waals surface area (Å²) in [5.74, 6) is -1.20. The third-order valence-corrected chi connectivity index (χ3v) is 5.58. The second-order valence-corrected chi connectivity index (χ2v) is 7.40. The fourth-order valence-corrected chi connectivity index (χ4v) is 4.48. The SMILES string of the molecule is Cc1sc(C(=O)O)cc1S(=O)(=O)Nc1c(Cl)ncnc1Cl. The molecule has 0 aromatic carbocycles. The van der Waals surface area contributed by atoms with Gasteiger partial charge in [-0.2, -0.15) is 0 Å². The molecule has 0 saturated heterocycles. The van der Waals surface area contributed by atoms with E-state index in [9.17, 15) is 13.2 Å². The van der Waals surface area contributed by atoms with Crippen LogP contribution in [0.4, 0.5) is 5.69 Å². The number of aromatic nitrogens is 2. The first-order chi connectivity index (χ1) is 9.72. The minimum atomic E-state index is -4.05. The summed E-state index contributed by atoms with van der Waals surface area (Å²) in [4.78, 5) is 18.2. The van der Waals surface area contributed by atoms with Crippen LogP contribution < -0.4 is 4.72 Å².